The number of para-hydroxylation sites is 1. The minimum Gasteiger partial charge on any atom is -0.494 e. The van der Waals surface area contributed by atoms with Crippen molar-refractivity contribution < 1.29 is 23.8 Å². The Labute approximate surface area is 287 Å². The number of ether oxygens (including phenoxy) is 3. The van der Waals surface area contributed by atoms with Gasteiger partial charge in [-0.15, -0.1) is 0 Å². The fourth-order valence-electron chi connectivity index (χ4n) is 5.58. The molecule has 5 aromatic rings. The number of methoxy groups -OCH3 is 1. The summed E-state index contributed by atoms with van der Waals surface area (Å²) < 4.78 is 19.9. The van der Waals surface area contributed by atoms with E-state index in [1.54, 1.807) is 35.9 Å². The van der Waals surface area contributed by atoms with Crippen LogP contribution in [0.25, 0.3) is 23.0 Å². The van der Waals surface area contributed by atoms with Crippen LogP contribution in [0.2, 0.25) is 0 Å². The molecule has 0 amide bonds. The summed E-state index contributed by atoms with van der Waals surface area (Å²) in [6.07, 6.45) is 3.71. The van der Waals surface area contributed by atoms with Gasteiger partial charge in [-0.05, 0) is 79.9 Å². The van der Waals surface area contributed by atoms with Crippen molar-refractivity contribution in [3.05, 3.63) is 133 Å². The fraction of sp³-hybridized carbons (Fsp3) is 0.237. The predicted octanol–water partition coefficient (Wildman–Crippen LogP) is 5.47. The monoisotopic (exact) mass is 676 g/mol. The highest BCUT2D eigenvalue weighted by Gasteiger charge is 2.33. The SMILES string of the molecule is CCOc1ccc(-c2nn(-c3ccccc3)cc2/C=c2\sc3n(c2=O)[C@H](c2ccc(C(=O)OC)cc2)C(C(=O)OCC(C)C)=C(C)N=3)cc1. The lowest BCUT2D eigenvalue weighted by atomic mass is 9.95. The predicted molar refractivity (Wildman–Crippen MR) is 188 cm³/mol. The Morgan fingerprint density at radius 3 is 2.35 bits per heavy atom. The zero-order valence-corrected chi connectivity index (χ0v) is 28.7. The van der Waals surface area contributed by atoms with Crippen LogP contribution in [-0.2, 0) is 14.3 Å². The van der Waals surface area contributed by atoms with Gasteiger partial charge in [0.2, 0.25) is 0 Å². The summed E-state index contributed by atoms with van der Waals surface area (Å²) in [7, 11) is 1.31. The molecule has 3 aromatic carbocycles. The van der Waals surface area contributed by atoms with E-state index in [1.807, 2.05) is 87.6 Å². The van der Waals surface area contributed by atoms with Crippen molar-refractivity contribution in [3.8, 4) is 22.7 Å². The van der Waals surface area contributed by atoms with E-state index in [1.165, 1.54) is 23.0 Å². The van der Waals surface area contributed by atoms with Gasteiger partial charge in [0.1, 0.15) is 11.4 Å². The first kappa shape index (κ1) is 33.4. The fourth-order valence-corrected chi connectivity index (χ4v) is 6.62. The van der Waals surface area contributed by atoms with Gasteiger partial charge < -0.3 is 14.2 Å². The van der Waals surface area contributed by atoms with Crippen LogP contribution in [-0.4, -0.2) is 46.6 Å². The van der Waals surface area contributed by atoms with E-state index >= 15 is 0 Å². The minimum absolute atomic E-state index is 0.116. The van der Waals surface area contributed by atoms with Gasteiger partial charge in [-0.1, -0.05) is 55.5 Å². The van der Waals surface area contributed by atoms with Crippen LogP contribution in [0.4, 0.5) is 0 Å². The normalized spacial score (nSPS) is 14.4. The van der Waals surface area contributed by atoms with Crippen molar-refractivity contribution in [2.75, 3.05) is 20.3 Å². The number of allylic oxidation sites excluding steroid dienone is 1. The molecule has 49 heavy (non-hydrogen) atoms. The Morgan fingerprint density at radius 1 is 0.980 bits per heavy atom. The van der Waals surface area contributed by atoms with E-state index in [9.17, 15) is 14.4 Å². The van der Waals surface area contributed by atoms with Crippen molar-refractivity contribution in [1.29, 1.82) is 0 Å². The average molecular weight is 677 g/mol. The smallest absolute Gasteiger partial charge is 0.338 e. The number of rotatable bonds is 10. The van der Waals surface area contributed by atoms with Crippen molar-refractivity contribution in [3.63, 3.8) is 0 Å². The highest BCUT2D eigenvalue weighted by Crippen LogP contribution is 2.31. The molecule has 1 aliphatic rings. The number of hydrogen-bond acceptors (Lipinski definition) is 9. The van der Waals surface area contributed by atoms with Crippen LogP contribution >= 0.6 is 11.3 Å². The summed E-state index contributed by atoms with van der Waals surface area (Å²) in [6.45, 7) is 8.35. The van der Waals surface area contributed by atoms with Crippen molar-refractivity contribution in [2.24, 2.45) is 10.9 Å². The topological polar surface area (TPSA) is 114 Å². The van der Waals surface area contributed by atoms with Crippen LogP contribution in [0.5, 0.6) is 5.75 Å². The second kappa shape index (κ2) is 14.3. The first-order valence-corrected chi connectivity index (χ1v) is 16.8. The molecule has 11 heteroatoms. The van der Waals surface area contributed by atoms with Crippen molar-refractivity contribution >= 4 is 29.4 Å². The third kappa shape index (κ3) is 6.88. The largest absolute Gasteiger partial charge is 0.494 e. The van der Waals surface area contributed by atoms with Crippen LogP contribution in [0.15, 0.2) is 106 Å². The van der Waals surface area contributed by atoms with Gasteiger partial charge in [-0.3, -0.25) is 9.36 Å². The molecule has 0 radical (unpaired) electrons. The highest BCUT2D eigenvalue weighted by atomic mass is 32.1. The Morgan fingerprint density at radius 2 is 1.69 bits per heavy atom. The first-order valence-electron chi connectivity index (χ1n) is 15.9. The molecule has 0 N–H and O–H groups in total. The lowest BCUT2D eigenvalue weighted by Gasteiger charge is -2.25. The molecule has 0 saturated heterocycles. The van der Waals surface area contributed by atoms with E-state index in [0.717, 1.165) is 22.6 Å². The molecular weight excluding hydrogens is 641 g/mol. The minimum atomic E-state index is -0.831. The molecular formula is C38H36N4O6S. The molecule has 1 aliphatic heterocycles. The van der Waals surface area contributed by atoms with Crippen molar-refractivity contribution in [1.82, 2.24) is 14.3 Å². The molecule has 0 fully saturated rings. The van der Waals surface area contributed by atoms with Gasteiger partial charge >= 0.3 is 11.9 Å². The number of benzene rings is 3. The Hall–Kier alpha value is -5.55. The second-order valence-corrected chi connectivity index (χ2v) is 12.9. The van der Waals surface area contributed by atoms with Crippen molar-refractivity contribution in [2.45, 2.75) is 33.7 Å². The molecule has 0 bridgehead atoms. The zero-order valence-electron chi connectivity index (χ0n) is 27.9. The van der Waals surface area contributed by atoms with Gasteiger partial charge in [-0.25, -0.2) is 19.3 Å². The van der Waals surface area contributed by atoms with E-state index in [2.05, 4.69) is 0 Å². The van der Waals surface area contributed by atoms with Gasteiger partial charge in [0.25, 0.3) is 5.56 Å². The molecule has 6 rings (SSSR count). The third-order valence-electron chi connectivity index (χ3n) is 7.93. The number of carbonyl (C=O) groups is 2. The quantitative estimate of drug-likeness (QED) is 0.180. The molecule has 0 aliphatic carbocycles. The summed E-state index contributed by atoms with van der Waals surface area (Å²) in [5.41, 5.74) is 4.49. The molecule has 3 heterocycles. The Bertz CT molecular complexity index is 2210. The molecule has 2 aromatic heterocycles. The number of aromatic nitrogens is 3. The van der Waals surface area contributed by atoms with Crippen LogP contribution in [0.1, 0.15) is 55.2 Å². The lowest BCUT2D eigenvalue weighted by Crippen LogP contribution is -2.40. The number of esters is 2. The first-order chi connectivity index (χ1) is 23.7. The van der Waals surface area contributed by atoms with Gasteiger partial charge in [-0.2, -0.15) is 5.10 Å². The van der Waals surface area contributed by atoms with Gasteiger partial charge in [0.15, 0.2) is 4.80 Å². The number of nitrogens with zero attached hydrogens (tertiary/aromatic N) is 4. The summed E-state index contributed by atoms with van der Waals surface area (Å²) >= 11 is 1.23. The number of fused-ring (bicyclic) bond motifs is 1. The van der Waals surface area contributed by atoms with Crippen LogP contribution in [0.3, 0.4) is 0 Å². The molecule has 1 atom stereocenters. The summed E-state index contributed by atoms with van der Waals surface area (Å²) in [5, 5.41) is 4.92. The average Bonchev–Trinajstić information content (AvgIpc) is 3.67. The molecule has 10 nitrogen and oxygen atoms in total. The van der Waals surface area contributed by atoms with E-state index < -0.39 is 18.0 Å². The standard InChI is InChI=1S/C38H36N4O6S/c1-6-47-30-18-16-25(17-19-30)33-28(21-41(40-33)29-10-8-7-9-11-29)20-31-35(43)42-34(26-12-14-27(15-13-26)36(44)46-5)32(24(4)39-38(42)49-31)37(45)48-22-23(2)3/h7-21,23,34H,6,22H2,1-5H3/b31-20-/t34-/m1/s1. The van der Waals surface area contributed by atoms with E-state index in [0.29, 0.717) is 38.5 Å². The van der Waals surface area contributed by atoms with E-state index in [-0.39, 0.29) is 23.7 Å². The highest BCUT2D eigenvalue weighted by molar-refractivity contribution is 7.07. The summed E-state index contributed by atoms with van der Waals surface area (Å²) in [5.74, 6) is -0.169. The molecule has 250 valence electrons. The zero-order chi connectivity index (χ0) is 34.7. The maximum absolute atomic E-state index is 14.4. The number of hydrogen-bond donors (Lipinski definition) is 0. The number of thiazole rings is 1. The summed E-state index contributed by atoms with van der Waals surface area (Å²) in [6, 6.07) is 23.3. The maximum atomic E-state index is 14.4. The molecule has 0 spiro atoms. The van der Waals surface area contributed by atoms with Crippen LogP contribution < -0.4 is 19.6 Å². The van der Waals surface area contributed by atoms with Gasteiger partial charge in [0, 0.05) is 17.3 Å². The third-order valence-corrected chi connectivity index (χ3v) is 8.91. The molecule has 0 unspecified atom stereocenters. The van der Waals surface area contributed by atoms with E-state index in [4.69, 9.17) is 24.3 Å². The maximum Gasteiger partial charge on any atom is 0.338 e. The summed E-state index contributed by atoms with van der Waals surface area (Å²) in [4.78, 5) is 45.3. The second-order valence-electron chi connectivity index (χ2n) is 11.9. The van der Waals surface area contributed by atoms with Crippen LogP contribution in [0, 0.1) is 5.92 Å². The number of carbonyl (C=O) groups excluding carboxylic acids is 2. The van der Waals surface area contributed by atoms with Gasteiger partial charge in [0.05, 0.1) is 53.4 Å². The Kier molecular flexibility index (Phi) is 9.72. The Balaban J connectivity index is 1.51. The lowest BCUT2D eigenvalue weighted by molar-refractivity contribution is -0.140. The molecule has 0 saturated carbocycles.